The number of aliphatic carboxylic acids is 2. The van der Waals surface area contributed by atoms with Crippen LogP contribution in [0.15, 0.2) is 11.1 Å². The molecule has 17 heavy (non-hydrogen) atoms. The van der Waals surface area contributed by atoms with Crippen molar-refractivity contribution in [2.24, 2.45) is 5.92 Å². The van der Waals surface area contributed by atoms with Gasteiger partial charge in [-0.05, 0) is 30.8 Å². The lowest BCUT2D eigenvalue weighted by Gasteiger charge is -2.19. The second-order valence-electron chi connectivity index (χ2n) is 4.15. The smallest absolute Gasteiger partial charge is 0.343 e. The molecule has 98 valence electrons. The highest BCUT2D eigenvalue weighted by Crippen LogP contribution is 2.28. The third-order valence-electron chi connectivity index (χ3n) is 2.89. The first-order valence-electron chi connectivity index (χ1n) is 6.19. The van der Waals surface area contributed by atoms with Gasteiger partial charge in [0.05, 0.1) is 0 Å². The summed E-state index contributed by atoms with van der Waals surface area (Å²) in [5, 5.41) is 18.0. The van der Waals surface area contributed by atoms with Crippen LogP contribution in [0.1, 0.15) is 52.9 Å². The molecule has 0 aromatic carbocycles. The third kappa shape index (κ3) is 4.59. The summed E-state index contributed by atoms with van der Waals surface area (Å²) in [7, 11) is 0. The van der Waals surface area contributed by atoms with Crippen molar-refractivity contribution in [2.45, 2.75) is 52.9 Å². The maximum Gasteiger partial charge on any atom is 0.343 e. The minimum atomic E-state index is -1.32. The van der Waals surface area contributed by atoms with Gasteiger partial charge in [-0.15, -0.1) is 0 Å². The van der Waals surface area contributed by atoms with Gasteiger partial charge in [0.15, 0.2) is 0 Å². The summed E-state index contributed by atoms with van der Waals surface area (Å²) in [5.74, 6) is -2.58. The Hall–Kier alpha value is -1.32. The maximum atomic E-state index is 11.0. The quantitative estimate of drug-likeness (QED) is 0.389. The maximum absolute atomic E-state index is 11.0. The second kappa shape index (κ2) is 7.87. The van der Waals surface area contributed by atoms with Crippen molar-refractivity contribution in [2.75, 3.05) is 0 Å². The van der Waals surface area contributed by atoms with Crippen LogP contribution in [0.3, 0.4) is 0 Å². The number of allylic oxidation sites excluding steroid dienone is 1. The van der Waals surface area contributed by atoms with E-state index in [1.165, 1.54) is 0 Å². The molecule has 0 aromatic rings. The summed E-state index contributed by atoms with van der Waals surface area (Å²) in [6.07, 6.45) is 3.87. The van der Waals surface area contributed by atoms with E-state index in [2.05, 4.69) is 0 Å². The molecule has 0 fully saturated rings. The number of carboxylic acid groups (broad SMARTS) is 2. The zero-order valence-electron chi connectivity index (χ0n) is 10.8. The third-order valence-corrected chi connectivity index (χ3v) is 2.89. The summed E-state index contributed by atoms with van der Waals surface area (Å²) >= 11 is 0. The molecule has 0 bridgehead atoms. The average molecular weight is 242 g/mol. The molecule has 2 N–H and O–H groups in total. The van der Waals surface area contributed by atoms with Gasteiger partial charge in [-0.1, -0.05) is 33.6 Å². The Bertz CT molecular complexity index is 289. The van der Waals surface area contributed by atoms with Crippen molar-refractivity contribution in [3.05, 3.63) is 11.1 Å². The molecule has 0 aromatic heterocycles. The van der Waals surface area contributed by atoms with Crippen molar-refractivity contribution < 1.29 is 19.8 Å². The fourth-order valence-electron chi connectivity index (χ4n) is 2.14. The van der Waals surface area contributed by atoms with Gasteiger partial charge in [0.25, 0.3) is 0 Å². The van der Waals surface area contributed by atoms with Crippen LogP contribution in [0.5, 0.6) is 0 Å². The molecule has 0 aliphatic rings. The molecular formula is C13H22O4. The Balaban J connectivity index is 5.45. The first kappa shape index (κ1) is 15.7. The van der Waals surface area contributed by atoms with Crippen LogP contribution in [0.2, 0.25) is 0 Å². The molecule has 0 aliphatic carbocycles. The fourth-order valence-corrected chi connectivity index (χ4v) is 2.14. The van der Waals surface area contributed by atoms with Gasteiger partial charge in [0, 0.05) is 0 Å². The van der Waals surface area contributed by atoms with Gasteiger partial charge in [-0.3, -0.25) is 0 Å². The molecule has 0 saturated heterocycles. The molecule has 4 nitrogen and oxygen atoms in total. The predicted octanol–water partition coefficient (Wildman–Crippen LogP) is 3.08. The van der Waals surface area contributed by atoms with Crippen LogP contribution in [0.4, 0.5) is 0 Å². The Morgan fingerprint density at radius 2 is 1.53 bits per heavy atom. The SMILES string of the molecule is CCCC(=C(C(=O)O)C(=O)O)C(CC)CCC. The Kier molecular flexibility index (Phi) is 7.26. The van der Waals surface area contributed by atoms with Gasteiger partial charge in [0.1, 0.15) is 5.57 Å². The van der Waals surface area contributed by atoms with Crippen molar-refractivity contribution in [3.8, 4) is 0 Å². The number of rotatable bonds is 8. The van der Waals surface area contributed by atoms with Crippen molar-refractivity contribution >= 4 is 11.9 Å². The van der Waals surface area contributed by atoms with Crippen molar-refractivity contribution in [1.29, 1.82) is 0 Å². The summed E-state index contributed by atoms with van der Waals surface area (Å²) in [6.45, 7) is 5.92. The molecular weight excluding hydrogens is 220 g/mol. The van der Waals surface area contributed by atoms with Crippen LogP contribution in [-0.2, 0) is 9.59 Å². The highest BCUT2D eigenvalue weighted by Gasteiger charge is 2.25. The van der Waals surface area contributed by atoms with E-state index in [1.807, 2.05) is 20.8 Å². The van der Waals surface area contributed by atoms with Crippen LogP contribution < -0.4 is 0 Å². The standard InChI is InChI=1S/C13H22O4/c1-4-7-9(6-3)10(8-5-2)11(12(14)15)13(16)17/h9H,4-8H2,1-3H3,(H,14,15)(H,16,17). The summed E-state index contributed by atoms with van der Waals surface area (Å²) in [6, 6.07) is 0. The highest BCUT2D eigenvalue weighted by atomic mass is 16.4. The Morgan fingerprint density at radius 3 is 1.82 bits per heavy atom. The zero-order valence-corrected chi connectivity index (χ0v) is 10.8. The Labute approximate surface area is 102 Å². The largest absolute Gasteiger partial charge is 0.477 e. The minimum absolute atomic E-state index is 0.0714. The van der Waals surface area contributed by atoms with E-state index >= 15 is 0 Å². The first-order chi connectivity index (χ1) is 7.99. The van der Waals surface area contributed by atoms with Gasteiger partial charge in [-0.25, -0.2) is 9.59 Å². The van der Waals surface area contributed by atoms with E-state index in [0.29, 0.717) is 12.0 Å². The first-order valence-corrected chi connectivity index (χ1v) is 6.19. The minimum Gasteiger partial charge on any atom is -0.477 e. The molecule has 0 radical (unpaired) electrons. The molecule has 0 aliphatic heterocycles. The van der Waals surface area contributed by atoms with E-state index in [-0.39, 0.29) is 5.92 Å². The normalized spacial score (nSPS) is 11.9. The van der Waals surface area contributed by atoms with Crippen LogP contribution in [0.25, 0.3) is 0 Å². The van der Waals surface area contributed by atoms with E-state index in [9.17, 15) is 9.59 Å². The second-order valence-corrected chi connectivity index (χ2v) is 4.15. The van der Waals surface area contributed by atoms with E-state index in [4.69, 9.17) is 10.2 Å². The lowest BCUT2D eigenvalue weighted by Crippen LogP contribution is -2.18. The van der Waals surface area contributed by atoms with Gasteiger partial charge >= 0.3 is 11.9 Å². The summed E-state index contributed by atoms with van der Waals surface area (Å²) in [4.78, 5) is 22.1. The number of carboxylic acids is 2. The number of carbonyl (C=O) groups is 2. The molecule has 0 heterocycles. The zero-order chi connectivity index (χ0) is 13.4. The fraction of sp³-hybridized carbons (Fsp3) is 0.692. The van der Waals surface area contributed by atoms with E-state index in [1.54, 1.807) is 0 Å². The molecule has 4 heteroatoms. The van der Waals surface area contributed by atoms with Crippen molar-refractivity contribution in [3.63, 3.8) is 0 Å². The van der Waals surface area contributed by atoms with Crippen LogP contribution in [-0.4, -0.2) is 22.2 Å². The number of hydrogen-bond donors (Lipinski definition) is 2. The van der Waals surface area contributed by atoms with E-state index < -0.39 is 17.5 Å². The van der Waals surface area contributed by atoms with Gasteiger partial charge in [-0.2, -0.15) is 0 Å². The van der Waals surface area contributed by atoms with Gasteiger partial charge < -0.3 is 10.2 Å². The van der Waals surface area contributed by atoms with Crippen LogP contribution >= 0.6 is 0 Å². The molecule has 0 spiro atoms. The number of hydrogen-bond acceptors (Lipinski definition) is 2. The van der Waals surface area contributed by atoms with Gasteiger partial charge in [0.2, 0.25) is 0 Å². The lowest BCUT2D eigenvalue weighted by atomic mass is 9.85. The van der Waals surface area contributed by atoms with Crippen LogP contribution in [0, 0.1) is 5.92 Å². The monoisotopic (exact) mass is 242 g/mol. The molecule has 0 saturated carbocycles. The van der Waals surface area contributed by atoms with Crippen molar-refractivity contribution in [1.82, 2.24) is 0 Å². The molecule has 0 amide bonds. The average Bonchev–Trinajstić information content (AvgIpc) is 2.24. The highest BCUT2D eigenvalue weighted by molar-refractivity contribution is 6.13. The molecule has 0 rings (SSSR count). The predicted molar refractivity (Wildman–Crippen MR) is 65.9 cm³/mol. The summed E-state index contributed by atoms with van der Waals surface area (Å²) < 4.78 is 0. The topological polar surface area (TPSA) is 74.6 Å². The lowest BCUT2D eigenvalue weighted by molar-refractivity contribution is -0.140. The van der Waals surface area contributed by atoms with E-state index in [0.717, 1.165) is 25.7 Å². The molecule has 1 unspecified atom stereocenters. The Morgan fingerprint density at radius 1 is 1.00 bits per heavy atom. The summed E-state index contributed by atoms with van der Waals surface area (Å²) in [5.41, 5.74) is 0.170. The molecule has 1 atom stereocenters.